The number of hydrogen-bond donors (Lipinski definition) is 0. The maximum atomic E-state index is 13.5. The Labute approximate surface area is 217 Å². The first-order valence-electron chi connectivity index (χ1n) is 11.7. The van der Waals surface area contributed by atoms with E-state index in [-0.39, 0.29) is 18.3 Å². The van der Waals surface area contributed by atoms with Gasteiger partial charge in [-0.15, -0.1) is 24.2 Å². The zero-order valence-corrected chi connectivity index (χ0v) is 22.6. The molecule has 1 fully saturated rings. The van der Waals surface area contributed by atoms with E-state index in [0.29, 0.717) is 18.2 Å². The van der Waals surface area contributed by atoms with E-state index in [9.17, 15) is 4.79 Å². The van der Waals surface area contributed by atoms with Crippen LogP contribution in [0.25, 0.3) is 10.2 Å². The first-order valence-corrected chi connectivity index (χ1v) is 13.4. The van der Waals surface area contributed by atoms with Gasteiger partial charge in [0.25, 0.3) is 0 Å². The van der Waals surface area contributed by atoms with E-state index in [1.54, 1.807) is 11.3 Å². The number of thiazole rings is 1. The summed E-state index contributed by atoms with van der Waals surface area (Å²) in [7, 11) is 0. The summed E-state index contributed by atoms with van der Waals surface area (Å²) < 4.78 is 6.59. The number of carbonyl (C=O) groups is 1. The molecule has 0 unspecified atom stereocenters. The van der Waals surface area contributed by atoms with Crippen molar-refractivity contribution < 1.29 is 9.53 Å². The van der Waals surface area contributed by atoms with Gasteiger partial charge in [0.15, 0.2) is 5.13 Å². The number of thioether (sulfide) groups is 1. The Hall–Kier alpha value is -1.64. The van der Waals surface area contributed by atoms with Gasteiger partial charge in [-0.2, -0.15) is 0 Å². The number of halogens is 1. The Balaban J connectivity index is 0.00000324. The number of morpholine rings is 1. The van der Waals surface area contributed by atoms with Crippen molar-refractivity contribution in [2.24, 2.45) is 0 Å². The van der Waals surface area contributed by atoms with Crippen LogP contribution in [0.2, 0.25) is 0 Å². The van der Waals surface area contributed by atoms with Crippen LogP contribution in [0.4, 0.5) is 5.13 Å². The fourth-order valence-corrected chi connectivity index (χ4v) is 5.91. The lowest BCUT2D eigenvalue weighted by Crippen LogP contribution is -2.39. The van der Waals surface area contributed by atoms with Crippen molar-refractivity contribution in [3.05, 3.63) is 53.6 Å². The number of hydrogen-bond acceptors (Lipinski definition) is 6. The molecule has 0 spiro atoms. The predicted octanol–water partition coefficient (Wildman–Crippen LogP) is 5.83. The Morgan fingerprint density at radius 3 is 2.62 bits per heavy atom. The molecule has 1 aliphatic rings. The number of aryl methyl sites for hydroxylation is 1. The number of anilines is 1. The maximum absolute atomic E-state index is 13.5. The minimum absolute atomic E-state index is 0. The number of nitrogens with zero attached hydrogens (tertiary/aromatic N) is 3. The van der Waals surface area contributed by atoms with Crippen LogP contribution in [0.3, 0.4) is 0 Å². The summed E-state index contributed by atoms with van der Waals surface area (Å²) in [5, 5.41) is 1.34. The molecule has 0 radical (unpaired) electrons. The molecule has 1 amide bonds. The second-order valence-corrected chi connectivity index (χ2v) is 11.5. The quantitative estimate of drug-likeness (QED) is 0.333. The summed E-state index contributed by atoms with van der Waals surface area (Å²) in [5.74, 6) is 0.108. The van der Waals surface area contributed by atoms with Crippen molar-refractivity contribution in [1.82, 2.24) is 9.88 Å². The zero-order valence-electron chi connectivity index (χ0n) is 20.2. The zero-order chi connectivity index (χ0) is 23.2. The second kappa shape index (κ2) is 12.9. The van der Waals surface area contributed by atoms with Crippen LogP contribution >= 0.6 is 35.5 Å². The lowest BCUT2D eigenvalue weighted by molar-refractivity contribution is -0.118. The third-order valence-corrected chi connectivity index (χ3v) is 7.73. The molecule has 0 atom stereocenters. The van der Waals surface area contributed by atoms with Gasteiger partial charge in [0.05, 0.1) is 29.9 Å². The van der Waals surface area contributed by atoms with Gasteiger partial charge in [-0.25, -0.2) is 4.98 Å². The van der Waals surface area contributed by atoms with E-state index < -0.39 is 0 Å². The van der Waals surface area contributed by atoms with Gasteiger partial charge in [0.1, 0.15) is 0 Å². The van der Waals surface area contributed by atoms with E-state index in [4.69, 9.17) is 9.72 Å². The minimum atomic E-state index is 0. The SMILES string of the molecule is Cc1ccc2nc(N(CCCN3CCOCC3)C(=O)Cc3ccc(SC(C)C)cc3)sc2c1.Cl. The Kier molecular flexibility index (Phi) is 10.2. The molecule has 2 aromatic carbocycles. The third kappa shape index (κ3) is 7.43. The fourth-order valence-electron chi connectivity index (χ4n) is 3.97. The smallest absolute Gasteiger partial charge is 0.233 e. The van der Waals surface area contributed by atoms with Crippen molar-refractivity contribution >= 4 is 56.8 Å². The van der Waals surface area contributed by atoms with Crippen molar-refractivity contribution in [3.63, 3.8) is 0 Å². The largest absolute Gasteiger partial charge is 0.379 e. The monoisotopic (exact) mass is 519 g/mol. The topological polar surface area (TPSA) is 45.7 Å². The molecule has 0 aliphatic carbocycles. The highest BCUT2D eigenvalue weighted by Gasteiger charge is 2.21. The van der Waals surface area contributed by atoms with E-state index in [0.717, 1.165) is 60.2 Å². The number of aromatic nitrogens is 1. The average Bonchev–Trinajstić information content (AvgIpc) is 3.21. The first-order chi connectivity index (χ1) is 16.0. The van der Waals surface area contributed by atoms with Gasteiger partial charge in [0, 0.05) is 36.3 Å². The number of fused-ring (bicyclic) bond motifs is 1. The maximum Gasteiger partial charge on any atom is 0.233 e. The molecule has 34 heavy (non-hydrogen) atoms. The molecular weight excluding hydrogens is 486 g/mol. The molecule has 184 valence electrons. The molecule has 8 heteroatoms. The summed E-state index contributed by atoms with van der Waals surface area (Å²) in [6.45, 7) is 11.6. The number of ether oxygens (including phenoxy) is 1. The van der Waals surface area contributed by atoms with Crippen LogP contribution in [0.15, 0.2) is 47.4 Å². The molecule has 4 rings (SSSR count). The first kappa shape index (κ1) is 27.0. The summed E-state index contributed by atoms with van der Waals surface area (Å²) >= 11 is 3.45. The molecule has 0 saturated carbocycles. The van der Waals surface area contributed by atoms with Gasteiger partial charge in [-0.05, 0) is 48.7 Å². The van der Waals surface area contributed by atoms with Gasteiger partial charge < -0.3 is 4.74 Å². The lowest BCUT2D eigenvalue weighted by atomic mass is 10.1. The van der Waals surface area contributed by atoms with Crippen molar-refractivity contribution in [3.8, 4) is 0 Å². The van der Waals surface area contributed by atoms with Gasteiger partial charge >= 0.3 is 0 Å². The van der Waals surface area contributed by atoms with Crippen LogP contribution in [-0.2, 0) is 16.0 Å². The highest BCUT2D eigenvalue weighted by atomic mass is 35.5. The Bertz CT molecular complexity index is 1070. The van der Waals surface area contributed by atoms with E-state index in [2.05, 4.69) is 62.1 Å². The Morgan fingerprint density at radius 1 is 1.18 bits per heavy atom. The standard InChI is InChI=1S/C26H33N3O2S2.ClH/c1-19(2)32-22-8-6-21(7-9-22)18-25(30)29(12-4-11-28-13-15-31-16-14-28)26-27-23-10-5-20(3)17-24(23)33-26;/h5-10,17,19H,4,11-16,18H2,1-3H3;1H. The molecule has 0 N–H and O–H groups in total. The van der Waals surface area contributed by atoms with E-state index in [1.807, 2.05) is 22.7 Å². The van der Waals surface area contributed by atoms with E-state index in [1.165, 1.54) is 10.5 Å². The number of carbonyl (C=O) groups excluding carboxylic acids is 1. The number of rotatable bonds is 9. The van der Waals surface area contributed by atoms with Crippen LogP contribution in [0.1, 0.15) is 31.4 Å². The van der Waals surface area contributed by atoms with E-state index >= 15 is 0 Å². The van der Waals surface area contributed by atoms with Crippen LogP contribution in [0.5, 0.6) is 0 Å². The minimum Gasteiger partial charge on any atom is -0.379 e. The van der Waals surface area contributed by atoms with Crippen LogP contribution < -0.4 is 4.90 Å². The normalized spacial score (nSPS) is 14.4. The predicted molar refractivity (Wildman–Crippen MR) is 147 cm³/mol. The molecule has 2 heterocycles. The molecule has 1 saturated heterocycles. The van der Waals surface area contributed by atoms with Crippen LogP contribution in [0, 0.1) is 6.92 Å². The lowest BCUT2D eigenvalue weighted by Gasteiger charge is -2.27. The van der Waals surface area contributed by atoms with Crippen LogP contribution in [-0.4, -0.2) is 60.4 Å². The molecular formula is C26H34ClN3O2S2. The highest BCUT2D eigenvalue weighted by molar-refractivity contribution is 7.99. The molecule has 3 aromatic rings. The second-order valence-electron chi connectivity index (χ2n) is 8.81. The van der Waals surface area contributed by atoms with Gasteiger partial charge in [-0.3, -0.25) is 14.6 Å². The number of amides is 1. The van der Waals surface area contributed by atoms with Crippen molar-refractivity contribution in [1.29, 1.82) is 0 Å². The molecule has 1 aliphatic heterocycles. The summed E-state index contributed by atoms with van der Waals surface area (Å²) in [6, 6.07) is 14.7. The van der Waals surface area contributed by atoms with Gasteiger partial charge in [-0.1, -0.05) is 43.4 Å². The summed E-state index contributed by atoms with van der Waals surface area (Å²) in [6.07, 6.45) is 1.31. The van der Waals surface area contributed by atoms with Gasteiger partial charge in [0.2, 0.25) is 5.91 Å². The fraction of sp³-hybridized carbons (Fsp3) is 0.462. The van der Waals surface area contributed by atoms with Crippen molar-refractivity contribution in [2.75, 3.05) is 44.3 Å². The third-order valence-electron chi connectivity index (χ3n) is 5.67. The molecule has 1 aromatic heterocycles. The van der Waals surface area contributed by atoms with Crippen molar-refractivity contribution in [2.45, 2.75) is 43.8 Å². The summed E-state index contributed by atoms with van der Waals surface area (Å²) in [4.78, 5) is 23.8. The molecule has 0 bridgehead atoms. The molecule has 5 nitrogen and oxygen atoms in total. The summed E-state index contributed by atoms with van der Waals surface area (Å²) in [5.41, 5.74) is 3.21. The number of benzene rings is 2. The Morgan fingerprint density at radius 2 is 1.91 bits per heavy atom. The average molecular weight is 520 g/mol. The highest BCUT2D eigenvalue weighted by Crippen LogP contribution is 2.30.